The zero-order valence-corrected chi connectivity index (χ0v) is 12.1. The Hall–Kier alpha value is -1.57. The summed E-state index contributed by atoms with van der Waals surface area (Å²) in [4.78, 5) is 0.131. The maximum absolute atomic E-state index is 12.0. The number of benzene rings is 1. The number of methoxy groups -OCH3 is 1. The Morgan fingerprint density at radius 1 is 1.21 bits per heavy atom. The number of para-hydroxylation sites is 1. The van der Waals surface area contributed by atoms with E-state index in [0.29, 0.717) is 10.8 Å². The lowest BCUT2D eigenvalue weighted by Gasteiger charge is -2.09. The van der Waals surface area contributed by atoms with Gasteiger partial charge in [-0.3, -0.25) is 0 Å². The lowest BCUT2D eigenvalue weighted by atomic mass is 10.3. The maximum atomic E-state index is 12.0. The van der Waals surface area contributed by atoms with E-state index in [2.05, 4.69) is 10.0 Å². The third-order valence-electron chi connectivity index (χ3n) is 2.50. The second-order valence-corrected chi connectivity index (χ2v) is 6.36. The molecule has 1 aromatic carbocycles. The van der Waals surface area contributed by atoms with E-state index in [4.69, 9.17) is 4.74 Å². The number of sulfonamides is 1. The van der Waals surface area contributed by atoms with Crippen LogP contribution in [-0.2, 0) is 10.0 Å². The van der Waals surface area contributed by atoms with E-state index in [-0.39, 0.29) is 4.90 Å². The van der Waals surface area contributed by atoms with Crippen LogP contribution >= 0.6 is 11.3 Å². The summed E-state index contributed by atoms with van der Waals surface area (Å²) in [5, 5.41) is 5.27. The highest BCUT2D eigenvalue weighted by molar-refractivity contribution is 7.90. The molecule has 0 amide bonds. The van der Waals surface area contributed by atoms with Crippen LogP contribution in [-0.4, -0.2) is 22.6 Å². The molecule has 0 saturated carbocycles. The summed E-state index contributed by atoms with van der Waals surface area (Å²) in [6, 6.07) is 9.37. The fraction of sp³-hybridized carbons (Fsp3) is 0.167. The molecule has 7 heteroatoms. The van der Waals surface area contributed by atoms with Gasteiger partial charge in [0.05, 0.1) is 7.11 Å². The first-order valence-corrected chi connectivity index (χ1v) is 7.86. The van der Waals surface area contributed by atoms with Crippen LogP contribution in [0.5, 0.6) is 5.75 Å². The predicted molar refractivity (Wildman–Crippen MR) is 76.8 cm³/mol. The molecule has 0 bridgehead atoms. The number of hydrogen-bond acceptors (Lipinski definition) is 5. The van der Waals surface area contributed by atoms with Crippen LogP contribution in [0.2, 0.25) is 0 Å². The topological polar surface area (TPSA) is 67.4 Å². The molecule has 0 aliphatic rings. The third-order valence-corrected chi connectivity index (χ3v) is 4.99. The molecule has 0 fully saturated rings. The van der Waals surface area contributed by atoms with Gasteiger partial charge in [-0.05, 0) is 19.2 Å². The molecule has 102 valence electrons. The van der Waals surface area contributed by atoms with Crippen molar-refractivity contribution in [1.29, 1.82) is 0 Å². The molecule has 2 N–H and O–H groups in total. The molecule has 5 nitrogen and oxygen atoms in total. The maximum Gasteiger partial charge on any atom is 0.246 e. The summed E-state index contributed by atoms with van der Waals surface area (Å²) in [5.41, 5.74) is 0.819. The van der Waals surface area contributed by atoms with Crippen LogP contribution in [0.25, 0.3) is 0 Å². The quantitative estimate of drug-likeness (QED) is 0.889. The predicted octanol–water partition coefficient (Wildman–Crippen LogP) is 2.41. The molecule has 0 aliphatic carbocycles. The number of hydrogen-bond donors (Lipinski definition) is 2. The van der Waals surface area contributed by atoms with Gasteiger partial charge in [0.1, 0.15) is 5.00 Å². The highest BCUT2D eigenvalue weighted by Gasteiger charge is 2.24. The Balaban J connectivity index is 2.45. The fourth-order valence-electron chi connectivity index (χ4n) is 1.57. The average molecular weight is 298 g/mol. The summed E-state index contributed by atoms with van der Waals surface area (Å²) >= 11 is 1.28. The van der Waals surface area contributed by atoms with Gasteiger partial charge in [-0.15, -0.1) is 11.3 Å². The van der Waals surface area contributed by atoms with Gasteiger partial charge >= 0.3 is 0 Å². The van der Waals surface area contributed by atoms with Crippen molar-refractivity contribution in [1.82, 2.24) is 4.72 Å². The number of nitrogens with one attached hydrogen (secondary N) is 2. The van der Waals surface area contributed by atoms with Crippen molar-refractivity contribution in [3.05, 3.63) is 35.7 Å². The van der Waals surface area contributed by atoms with Crippen molar-refractivity contribution in [3.63, 3.8) is 0 Å². The van der Waals surface area contributed by atoms with E-state index in [9.17, 15) is 8.42 Å². The summed E-state index contributed by atoms with van der Waals surface area (Å²) in [6.45, 7) is 0. The zero-order valence-electron chi connectivity index (χ0n) is 10.5. The van der Waals surface area contributed by atoms with Gasteiger partial charge in [0.25, 0.3) is 0 Å². The molecule has 2 aromatic rings. The third kappa shape index (κ3) is 2.89. The largest absolute Gasteiger partial charge is 0.494 e. The lowest BCUT2D eigenvalue weighted by Crippen LogP contribution is -2.19. The van der Waals surface area contributed by atoms with Gasteiger partial charge in [-0.1, -0.05) is 18.2 Å². The Morgan fingerprint density at radius 2 is 1.89 bits per heavy atom. The number of anilines is 2. The molecule has 0 aliphatic heterocycles. The van der Waals surface area contributed by atoms with Crippen LogP contribution < -0.4 is 14.8 Å². The summed E-state index contributed by atoms with van der Waals surface area (Å²) in [5.74, 6) is 0.331. The second-order valence-electron chi connectivity index (χ2n) is 3.66. The van der Waals surface area contributed by atoms with E-state index >= 15 is 0 Å². The van der Waals surface area contributed by atoms with E-state index in [1.54, 1.807) is 5.38 Å². The first-order valence-electron chi connectivity index (χ1n) is 5.49. The molecule has 0 unspecified atom stereocenters. The molecule has 1 aromatic heterocycles. The van der Waals surface area contributed by atoms with E-state index in [1.807, 2.05) is 30.3 Å². The molecular weight excluding hydrogens is 284 g/mol. The van der Waals surface area contributed by atoms with Crippen LogP contribution in [0.4, 0.5) is 10.7 Å². The Labute approximate surface area is 116 Å². The highest BCUT2D eigenvalue weighted by Crippen LogP contribution is 2.39. The Morgan fingerprint density at radius 3 is 2.47 bits per heavy atom. The van der Waals surface area contributed by atoms with Crippen LogP contribution in [0.15, 0.2) is 40.6 Å². The minimum Gasteiger partial charge on any atom is -0.494 e. The fourth-order valence-corrected chi connectivity index (χ4v) is 3.85. The van der Waals surface area contributed by atoms with Gasteiger partial charge < -0.3 is 10.1 Å². The first kappa shape index (κ1) is 13.9. The monoisotopic (exact) mass is 298 g/mol. The number of ether oxygens (including phenoxy) is 1. The molecular formula is C12H14N2O3S2. The van der Waals surface area contributed by atoms with Crippen molar-refractivity contribution in [2.24, 2.45) is 0 Å². The van der Waals surface area contributed by atoms with Crippen LogP contribution in [0.3, 0.4) is 0 Å². The van der Waals surface area contributed by atoms with Crippen molar-refractivity contribution in [3.8, 4) is 5.75 Å². The van der Waals surface area contributed by atoms with Gasteiger partial charge in [-0.25, -0.2) is 13.1 Å². The summed E-state index contributed by atoms with van der Waals surface area (Å²) in [7, 11) is -0.754. The summed E-state index contributed by atoms with van der Waals surface area (Å²) in [6.07, 6.45) is 0. The standard InChI is InChI=1S/C12H14N2O3S2/c1-13-19(15,16)11-10(17-2)8-18-12(11)14-9-6-4-3-5-7-9/h3-8,13-14H,1-2H3. The zero-order chi connectivity index (χ0) is 13.9. The molecule has 0 saturated heterocycles. The average Bonchev–Trinajstić information content (AvgIpc) is 2.83. The molecule has 0 spiro atoms. The Kier molecular flexibility index (Phi) is 4.08. The van der Waals surface area contributed by atoms with Crippen molar-refractivity contribution >= 4 is 32.0 Å². The minimum absolute atomic E-state index is 0.131. The number of rotatable bonds is 5. The van der Waals surface area contributed by atoms with E-state index < -0.39 is 10.0 Å². The van der Waals surface area contributed by atoms with Gasteiger partial charge in [0.2, 0.25) is 10.0 Å². The lowest BCUT2D eigenvalue weighted by molar-refractivity contribution is 0.405. The smallest absolute Gasteiger partial charge is 0.246 e. The van der Waals surface area contributed by atoms with E-state index in [1.165, 1.54) is 25.5 Å². The van der Waals surface area contributed by atoms with Crippen molar-refractivity contribution in [2.45, 2.75) is 4.90 Å². The highest BCUT2D eigenvalue weighted by atomic mass is 32.2. The number of thiophene rings is 1. The SMILES string of the molecule is CNS(=O)(=O)c1c(OC)csc1Nc1ccccc1. The second kappa shape index (κ2) is 5.60. The van der Waals surface area contributed by atoms with Crippen LogP contribution in [0.1, 0.15) is 0 Å². The van der Waals surface area contributed by atoms with E-state index in [0.717, 1.165) is 5.69 Å². The van der Waals surface area contributed by atoms with Crippen molar-refractivity contribution in [2.75, 3.05) is 19.5 Å². The molecule has 19 heavy (non-hydrogen) atoms. The van der Waals surface area contributed by atoms with Gasteiger partial charge in [0.15, 0.2) is 10.6 Å². The molecule has 0 radical (unpaired) electrons. The first-order chi connectivity index (χ1) is 9.08. The normalized spacial score (nSPS) is 11.3. The summed E-state index contributed by atoms with van der Waals surface area (Å²) < 4.78 is 31.5. The Bertz CT molecular complexity index is 651. The molecule has 1 heterocycles. The van der Waals surface area contributed by atoms with Gasteiger partial charge in [0, 0.05) is 11.1 Å². The van der Waals surface area contributed by atoms with Gasteiger partial charge in [-0.2, -0.15) is 0 Å². The molecule has 2 rings (SSSR count). The van der Waals surface area contributed by atoms with Crippen molar-refractivity contribution < 1.29 is 13.2 Å². The minimum atomic E-state index is -3.58. The van der Waals surface area contributed by atoms with Crippen LogP contribution in [0, 0.1) is 0 Å². The molecule has 0 atom stereocenters.